The Morgan fingerprint density at radius 3 is 2.17 bits per heavy atom. The van der Waals surface area contributed by atoms with Gasteiger partial charge in [0.15, 0.2) is 0 Å². The van der Waals surface area contributed by atoms with E-state index in [4.69, 9.17) is 0 Å². The van der Waals surface area contributed by atoms with Gasteiger partial charge in [-0.15, -0.1) is 11.8 Å². The molecule has 0 aliphatic heterocycles. The Labute approximate surface area is 143 Å². The molecule has 0 bridgehead atoms. The van der Waals surface area contributed by atoms with Crippen molar-refractivity contribution in [3.8, 4) is 0 Å². The Kier molecular flexibility index (Phi) is 5.89. The molecule has 2 nitrogen and oxygen atoms in total. The molecule has 2 aromatic carbocycles. The van der Waals surface area contributed by atoms with Crippen LogP contribution in [-0.4, -0.2) is 11.7 Å². The number of carbonyl (C=O) groups is 1. The van der Waals surface area contributed by atoms with Gasteiger partial charge in [0.1, 0.15) is 0 Å². The molecule has 1 N–H and O–H groups in total. The summed E-state index contributed by atoms with van der Waals surface area (Å²) in [6.45, 7) is 10.5. The van der Waals surface area contributed by atoms with Gasteiger partial charge in [-0.1, -0.05) is 36.4 Å². The number of thioether (sulfide) groups is 1. The van der Waals surface area contributed by atoms with Crippen molar-refractivity contribution in [1.29, 1.82) is 0 Å². The molecule has 1 atom stereocenters. The molecule has 3 heteroatoms. The number of amides is 1. The molecule has 0 aliphatic carbocycles. The summed E-state index contributed by atoms with van der Waals surface area (Å²) in [5, 5.41) is 3.07. The molecule has 0 radical (unpaired) electrons. The van der Waals surface area contributed by atoms with E-state index in [9.17, 15) is 4.79 Å². The highest BCUT2D eigenvalue weighted by atomic mass is 32.2. The fraction of sp³-hybridized carbons (Fsp3) is 0.350. The lowest BCUT2D eigenvalue weighted by Crippen LogP contribution is -2.28. The Balaban J connectivity index is 2.00. The van der Waals surface area contributed by atoms with Gasteiger partial charge in [-0.2, -0.15) is 0 Å². The standard InChI is InChI=1S/C20H25NOS/c1-13-11-14(2)16(4)20(15(13)3)23-12-19(22)21-17(5)18-9-7-6-8-10-18/h6-11,17H,12H2,1-5H3,(H,21,22)/t17-/m1/s1. The second kappa shape index (κ2) is 7.69. The third kappa shape index (κ3) is 4.38. The Morgan fingerprint density at radius 1 is 1.04 bits per heavy atom. The number of carbonyl (C=O) groups excluding carboxylic acids is 1. The minimum absolute atomic E-state index is 0.0331. The van der Waals surface area contributed by atoms with Gasteiger partial charge in [-0.25, -0.2) is 0 Å². The zero-order valence-corrected chi connectivity index (χ0v) is 15.4. The van der Waals surface area contributed by atoms with Gasteiger partial charge in [0.25, 0.3) is 0 Å². The minimum atomic E-state index is 0.0331. The molecule has 122 valence electrons. The summed E-state index contributed by atoms with van der Waals surface area (Å²) < 4.78 is 0. The second-order valence-electron chi connectivity index (χ2n) is 6.08. The number of rotatable bonds is 5. The molecule has 2 aromatic rings. The van der Waals surface area contributed by atoms with Gasteiger partial charge < -0.3 is 5.32 Å². The maximum absolute atomic E-state index is 12.3. The summed E-state index contributed by atoms with van der Waals surface area (Å²) in [5.41, 5.74) is 6.26. The summed E-state index contributed by atoms with van der Waals surface area (Å²) in [6.07, 6.45) is 0. The third-order valence-corrected chi connectivity index (χ3v) is 5.63. The molecule has 23 heavy (non-hydrogen) atoms. The number of aryl methyl sites for hydroxylation is 2. The molecule has 0 saturated carbocycles. The minimum Gasteiger partial charge on any atom is -0.349 e. The second-order valence-corrected chi connectivity index (χ2v) is 7.06. The molecule has 0 saturated heterocycles. The average Bonchev–Trinajstić information content (AvgIpc) is 2.53. The monoisotopic (exact) mass is 327 g/mol. The van der Waals surface area contributed by atoms with Crippen molar-refractivity contribution in [2.45, 2.75) is 45.6 Å². The number of hydrogen-bond acceptors (Lipinski definition) is 2. The molecular formula is C20H25NOS. The molecule has 0 fully saturated rings. The fourth-order valence-electron chi connectivity index (χ4n) is 2.64. The van der Waals surface area contributed by atoms with Gasteiger partial charge in [-0.3, -0.25) is 4.79 Å². The first-order valence-electron chi connectivity index (χ1n) is 7.94. The van der Waals surface area contributed by atoms with Crippen molar-refractivity contribution in [1.82, 2.24) is 5.32 Å². The van der Waals surface area contributed by atoms with Crippen LogP contribution in [-0.2, 0) is 4.79 Å². The van der Waals surface area contributed by atoms with Crippen LogP contribution < -0.4 is 5.32 Å². The predicted octanol–water partition coefficient (Wildman–Crippen LogP) is 4.89. The molecule has 0 spiro atoms. The Hall–Kier alpha value is -1.74. The smallest absolute Gasteiger partial charge is 0.230 e. The fourth-order valence-corrected chi connectivity index (χ4v) is 3.76. The van der Waals surface area contributed by atoms with Crippen LogP contribution in [0.2, 0.25) is 0 Å². The zero-order chi connectivity index (χ0) is 17.0. The van der Waals surface area contributed by atoms with E-state index in [-0.39, 0.29) is 11.9 Å². The zero-order valence-electron chi connectivity index (χ0n) is 14.6. The third-order valence-electron chi connectivity index (χ3n) is 4.32. The lowest BCUT2D eigenvalue weighted by molar-refractivity contribution is -0.119. The van der Waals surface area contributed by atoms with E-state index in [0.717, 1.165) is 5.56 Å². The van der Waals surface area contributed by atoms with Gasteiger partial charge in [-0.05, 0) is 62.4 Å². The van der Waals surface area contributed by atoms with Crippen molar-refractivity contribution in [2.75, 3.05) is 5.75 Å². The maximum Gasteiger partial charge on any atom is 0.230 e. The van der Waals surface area contributed by atoms with Crippen molar-refractivity contribution < 1.29 is 4.79 Å². The van der Waals surface area contributed by atoms with E-state index in [1.807, 2.05) is 37.3 Å². The number of benzene rings is 2. The van der Waals surface area contributed by atoms with E-state index >= 15 is 0 Å². The molecule has 0 unspecified atom stereocenters. The highest BCUT2D eigenvalue weighted by Gasteiger charge is 2.13. The van der Waals surface area contributed by atoms with Crippen LogP contribution in [0.15, 0.2) is 41.3 Å². The largest absolute Gasteiger partial charge is 0.349 e. The lowest BCUT2D eigenvalue weighted by atomic mass is 10.0. The Bertz CT molecular complexity index is 668. The van der Waals surface area contributed by atoms with Gasteiger partial charge in [0, 0.05) is 4.90 Å². The van der Waals surface area contributed by atoms with Crippen molar-refractivity contribution in [2.24, 2.45) is 0 Å². The predicted molar refractivity (Wildman–Crippen MR) is 99.1 cm³/mol. The first-order chi connectivity index (χ1) is 10.9. The van der Waals surface area contributed by atoms with Crippen LogP contribution in [0.1, 0.15) is 40.8 Å². The van der Waals surface area contributed by atoms with E-state index < -0.39 is 0 Å². The first kappa shape index (κ1) is 17.6. The highest BCUT2D eigenvalue weighted by molar-refractivity contribution is 8.00. The van der Waals surface area contributed by atoms with E-state index in [0.29, 0.717) is 5.75 Å². The number of nitrogens with one attached hydrogen (secondary N) is 1. The van der Waals surface area contributed by atoms with Crippen LogP contribution in [0.3, 0.4) is 0 Å². The summed E-state index contributed by atoms with van der Waals surface area (Å²) in [6, 6.07) is 12.3. The van der Waals surface area contributed by atoms with Crippen LogP contribution in [0.4, 0.5) is 0 Å². The molecule has 2 rings (SSSR count). The quantitative estimate of drug-likeness (QED) is 0.792. The average molecular weight is 327 g/mol. The summed E-state index contributed by atoms with van der Waals surface area (Å²) in [4.78, 5) is 13.5. The summed E-state index contributed by atoms with van der Waals surface area (Å²) >= 11 is 1.64. The van der Waals surface area contributed by atoms with Gasteiger partial charge in [0.05, 0.1) is 11.8 Å². The van der Waals surface area contributed by atoms with E-state index in [1.165, 1.54) is 27.1 Å². The topological polar surface area (TPSA) is 29.1 Å². The van der Waals surface area contributed by atoms with Crippen LogP contribution in [0.25, 0.3) is 0 Å². The normalized spacial score (nSPS) is 12.0. The number of hydrogen-bond donors (Lipinski definition) is 1. The molecule has 0 heterocycles. The van der Waals surface area contributed by atoms with Crippen LogP contribution in [0.5, 0.6) is 0 Å². The van der Waals surface area contributed by atoms with Crippen LogP contribution in [0, 0.1) is 27.7 Å². The van der Waals surface area contributed by atoms with E-state index in [1.54, 1.807) is 11.8 Å². The van der Waals surface area contributed by atoms with Gasteiger partial charge in [0.2, 0.25) is 5.91 Å². The highest BCUT2D eigenvalue weighted by Crippen LogP contribution is 2.30. The summed E-state index contributed by atoms with van der Waals surface area (Å²) in [5.74, 6) is 0.520. The van der Waals surface area contributed by atoms with Crippen molar-refractivity contribution >= 4 is 17.7 Å². The molecule has 0 aliphatic rings. The lowest BCUT2D eigenvalue weighted by Gasteiger charge is -2.16. The maximum atomic E-state index is 12.3. The van der Waals surface area contributed by atoms with Crippen molar-refractivity contribution in [3.63, 3.8) is 0 Å². The first-order valence-corrected chi connectivity index (χ1v) is 8.93. The SMILES string of the molecule is Cc1cc(C)c(C)c(SCC(=O)N[C@H](C)c2ccccc2)c1C. The molecular weight excluding hydrogens is 302 g/mol. The molecule has 0 aromatic heterocycles. The van der Waals surface area contributed by atoms with Crippen LogP contribution >= 0.6 is 11.8 Å². The van der Waals surface area contributed by atoms with Gasteiger partial charge >= 0.3 is 0 Å². The summed E-state index contributed by atoms with van der Waals surface area (Å²) in [7, 11) is 0. The Morgan fingerprint density at radius 2 is 1.61 bits per heavy atom. The van der Waals surface area contributed by atoms with E-state index in [2.05, 4.69) is 39.1 Å². The molecule has 1 amide bonds. The van der Waals surface area contributed by atoms with Crippen molar-refractivity contribution in [3.05, 3.63) is 64.2 Å².